The van der Waals surface area contributed by atoms with Gasteiger partial charge < -0.3 is 10.0 Å². The summed E-state index contributed by atoms with van der Waals surface area (Å²) in [6, 6.07) is 5.29. The van der Waals surface area contributed by atoms with Gasteiger partial charge in [-0.1, -0.05) is 5.21 Å². The van der Waals surface area contributed by atoms with E-state index in [9.17, 15) is 17.2 Å². The van der Waals surface area contributed by atoms with Crippen molar-refractivity contribution in [2.45, 2.75) is 63.3 Å². The average molecular weight is 562 g/mol. The lowest BCUT2D eigenvalue weighted by Gasteiger charge is -2.35. The number of piperidine rings is 1. The number of nitrogens with one attached hydrogen (secondary N) is 1. The molecule has 0 bridgehead atoms. The van der Waals surface area contributed by atoms with Crippen LogP contribution in [-0.4, -0.2) is 69.7 Å². The topological polar surface area (TPSA) is 118 Å². The smallest absolute Gasteiger partial charge is 0.248 e. The second-order valence-electron chi connectivity index (χ2n) is 11.2. The molecule has 13 heteroatoms. The number of hydrogen-bond acceptors (Lipinski definition) is 7. The maximum Gasteiger partial charge on any atom is 0.248 e. The average Bonchev–Trinajstić information content (AvgIpc) is 3.28. The van der Waals surface area contributed by atoms with Crippen LogP contribution in [0.5, 0.6) is 0 Å². The Hall–Kier alpha value is -3.06. The first-order chi connectivity index (χ1) is 18.6. The summed E-state index contributed by atoms with van der Waals surface area (Å²) in [6.07, 6.45) is 10.5. The number of aliphatic hydroxyl groups is 1. The van der Waals surface area contributed by atoms with E-state index in [0.717, 1.165) is 37.2 Å². The minimum atomic E-state index is -3.67. The number of halogens is 2. The molecular formula is C26H33F2N7O3S. The van der Waals surface area contributed by atoms with E-state index in [4.69, 9.17) is 5.11 Å². The molecule has 3 fully saturated rings. The molecule has 0 atom stereocenters. The zero-order valence-electron chi connectivity index (χ0n) is 21.6. The highest BCUT2D eigenvalue weighted by Gasteiger charge is 2.44. The Kier molecular flexibility index (Phi) is 6.61. The number of hydrogen-bond donors (Lipinski definition) is 2. The van der Waals surface area contributed by atoms with Crippen LogP contribution in [0.4, 0.5) is 20.2 Å². The maximum absolute atomic E-state index is 13.6. The minimum absolute atomic E-state index is 0.0658. The van der Waals surface area contributed by atoms with Crippen LogP contribution in [0.2, 0.25) is 0 Å². The fourth-order valence-corrected chi connectivity index (χ4v) is 6.60. The Balaban J connectivity index is 1.26. The number of rotatable bonds is 8. The van der Waals surface area contributed by atoms with Crippen molar-refractivity contribution >= 4 is 21.4 Å². The van der Waals surface area contributed by atoms with E-state index in [-0.39, 0.29) is 24.6 Å². The van der Waals surface area contributed by atoms with Gasteiger partial charge in [-0.3, -0.25) is 9.40 Å². The molecule has 3 heterocycles. The van der Waals surface area contributed by atoms with Crippen molar-refractivity contribution in [3.05, 3.63) is 36.8 Å². The van der Waals surface area contributed by atoms with Crippen molar-refractivity contribution < 1.29 is 22.3 Å². The van der Waals surface area contributed by atoms with Crippen LogP contribution in [-0.2, 0) is 10.0 Å². The second-order valence-corrected chi connectivity index (χ2v) is 13.0. The predicted molar refractivity (Wildman–Crippen MR) is 143 cm³/mol. The molecule has 2 aromatic heterocycles. The van der Waals surface area contributed by atoms with Gasteiger partial charge in [0.1, 0.15) is 11.4 Å². The molecule has 1 aromatic carbocycles. The summed E-state index contributed by atoms with van der Waals surface area (Å²) >= 11 is 0. The van der Waals surface area contributed by atoms with Crippen molar-refractivity contribution in [2.24, 2.45) is 5.41 Å². The summed E-state index contributed by atoms with van der Waals surface area (Å²) in [7, 11) is -3.67. The van der Waals surface area contributed by atoms with Crippen LogP contribution < -0.4 is 9.62 Å². The molecule has 2 saturated carbocycles. The van der Waals surface area contributed by atoms with E-state index in [2.05, 4.69) is 25.0 Å². The van der Waals surface area contributed by atoms with E-state index in [1.165, 1.54) is 12.8 Å². The normalized spacial score (nSPS) is 20.8. The summed E-state index contributed by atoms with van der Waals surface area (Å²) in [4.78, 5) is 2.28. The molecule has 2 N–H and O–H groups in total. The molecule has 210 valence electrons. The van der Waals surface area contributed by atoms with Gasteiger partial charge in [0.15, 0.2) is 0 Å². The molecule has 2 aliphatic carbocycles. The summed E-state index contributed by atoms with van der Waals surface area (Å²) < 4.78 is 57.7. The first-order valence-corrected chi connectivity index (χ1v) is 15.2. The van der Waals surface area contributed by atoms with E-state index >= 15 is 0 Å². The monoisotopic (exact) mass is 561 g/mol. The minimum Gasteiger partial charge on any atom is -0.395 e. The lowest BCUT2D eigenvalue weighted by atomic mass is 9.92. The number of aromatic nitrogens is 5. The van der Waals surface area contributed by atoms with Crippen LogP contribution in [0.1, 0.15) is 57.4 Å². The summed E-state index contributed by atoms with van der Waals surface area (Å²) in [5.41, 5.74) is 3.94. The summed E-state index contributed by atoms with van der Waals surface area (Å²) in [6.45, 7) is 1.30. The summed E-state index contributed by atoms with van der Waals surface area (Å²) in [5, 5.41) is 22.2. The van der Waals surface area contributed by atoms with Crippen molar-refractivity contribution in [3.8, 4) is 16.9 Å². The Morgan fingerprint density at radius 2 is 1.79 bits per heavy atom. The zero-order chi connectivity index (χ0) is 27.3. The molecule has 0 radical (unpaired) electrons. The number of aliphatic hydroxyl groups excluding tert-OH is 1. The van der Waals surface area contributed by atoms with Gasteiger partial charge >= 0.3 is 0 Å². The number of nitrogens with zero attached hydrogens (tertiary/aromatic N) is 6. The molecule has 6 rings (SSSR count). The van der Waals surface area contributed by atoms with Crippen molar-refractivity contribution in [3.63, 3.8) is 0 Å². The number of sulfonamides is 1. The van der Waals surface area contributed by atoms with Gasteiger partial charge in [-0.2, -0.15) is 5.10 Å². The van der Waals surface area contributed by atoms with Crippen molar-refractivity contribution in [1.82, 2.24) is 24.8 Å². The van der Waals surface area contributed by atoms with Gasteiger partial charge in [0.05, 0.1) is 42.7 Å². The molecule has 3 aliphatic rings. The number of anilines is 2. The fraction of sp³-hybridized carbons (Fsp3) is 0.577. The molecular weight excluding hydrogens is 528 g/mol. The third kappa shape index (κ3) is 5.65. The largest absolute Gasteiger partial charge is 0.395 e. The Labute approximate surface area is 226 Å². The first kappa shape index (κ1) is 26.2. The molecule has 10 nitrogen and oxygen atoms in total. The van der Waals surface area contributed by atoms with Crippen LogP contribution in [0.25, 0.3) is 16.9 Å². The highest BCUT2D eigenvalue weighted by atomic mass is 32.2. The molecule has 1 spiro atoms. The lowest BCUT2D eigenvalue weighted by molar-refractivity contribution is -0.0449. The van der Waals surface area contributed by atoms with Crippen molar-refractivity contribution in [1.29, 1.82) is 0 Å². The zero-order valence-corrected chi connectivity index (χ0v) is 22.5. The van der Waals surface area contributed by atoms with Gasteiger partial charge in [0, 0.05) is 37.2 Å². The molecule has 1 saturated heterocycles. The van der Waals surface area contributed by atoms with E-state index < -0.39 is 22.6 Å². The van der Waals surface area contributed by atoms with Crippen LogP contribution in [0.15, 0.2) is 36.8 Å². The van der Waals surface area contributed by atoms with E-state index in [1.807, 2.05) is 18.3 Å². The van der Waals surface area contributed by atoms with Gasteiger partial charge in [0.25, 0.3) is 0 Å². The van der Waals surface area contributed by atoms with E-state index in [0.29, 0.717) is 35.3 Å². The van der Waals surface area contributed by atoms with Crippen LogP contribution in [0.3, 0.4) is 0 Å². The van der Waals surface area contributed by atoms with Gasteiger partial charge in [0.2, 0.25) is 15.9 Å². The molecule has 3 aromatic rings. The highest BCUT2D eigenvalue weighted by Crippen LogP contribution is 2.54. The SMILES string of the molecule is O=S(=O)(CCO)Nc1ccc(-c2cn(-c3cnn(C4CCC(F)(F)CC4)c3)nn2)c(N2CCC3(CC2)CC3)c1. The summed E-state index contributed by atoms with van der Waals surface area (Å²) in [5.74, 6) is -2.96. The fourth-order valence-electron chi connectivity index (χ4n) is 5.77. The molecule has 39 heavy (non-hydrogen) atoms. The van der Waals surface area contributed by atoms with Gasteiger partial charge in [-0.15, -0.1) is 5.10 Å². The lowest BCUT2D eigenvalue weighted by Crippen LogP contribution is -2.34. The predicted octanol–water partition coefficient (Wildman–Crippen LogP) is 4.00. The molecule has 1 aliphatic heterocycles. The van der Waals surface area contributed by atoms with Gasteiger partial charge in [-0.25, -0.2) is 21.9 Å². The van der Waals surface area contributed by atoms with Crippen LogP contribution in [0, 0.1) is 5.41 Å². The van der Waals surface area contributed by atoms with Gasteiger partial charge in [-0.05, 0) is 62.1 Å². The number of benzene rings is 1. The third-order valence-corrected chi connectivity index (χ3v) is 9.70. The quantitative estimate of drug-likeness (QED) is 0.427. The van der Waals surface area contributed by atoms with Crippen LogP contribution >= 0.6 is 0 Å². The molecule has 0 unspecified atom stereocenters. The third-order valence-electron chi connectivity index (χ3n) is 8.44. The second kappa shape index (κ2) is 9.84. The number of alkyl halides is 2. The Bertz CT molecular complexity index is 1430. The standard InChI is InChI=1S/C26H33F2N7O3S/c27-26(28)5-3-20(4-6-26)34-17-21(16-29-34)35-18-23(30-32-35)22-2-1-19(31-39(37,38)14-13-36)15-24(22)33-11-9-25(7-8-25)10-12-33/h1-2,15-18,20,31,36H,3-14H2. The Morgan fingerprint density at radius 3 is 2.49 bits per heavy atom. The maximum atomic E-state index is 13.6. The Morgan fingerprint density at radius 1 is 1.05 bits per heavy atom. The van der Waals surface area contributed by atoms with Crippen molar-refractivity contribution in [2.75, 3.05) is 35.1 Å². The van der Waals surface area contributed by atoms with E-state index in [1.54, 1.807) is 27.8 Å². The first-order valence-electron chi connectivity index (χ1n) is 13.5. The molecule has 0 amide bonds. The highest BCUT2D eigenvalue weighted by molar-refractivity contribution is 7.92.